The summed E-state index contributed by atoms with van der Waals surface area (Å²) in [6.45, 7) is 1.44. The Morgan fingerprint density at radius 3 is 2.62 bits per heavy atom. The van der Waals surface area contributed by atoms with Crippen molar-refractivity contribution in [3.63, 3.8) is 0 Å². The molecule has 1 atom stereocenters. The van der Waals surface area contributed by atoms with Gasteiger partial charge in [-0.15, -0.1) is 0 Å². The molecule has 0 amide bonds. The summed E-state index contributed by atoms with van der Waals surface area (Å²) in [5.74, 6) is -1.82. The van der Waals surface area contributed by atoms with Crippen molar-refractivity contribution in [3.05, 3.63) is 5.82 Å². The highest BCUT2D eigenvalue weighted by molar-refractivity contribution is 7.09. The highest BCUT2D eigenvalue weighted by Crippen LogP contribution is 2.29. The number of hydrogen-bond acceptors (Lipinski definition) is 6. The van der Waals surface area contributed by atoms with Crippen molar-refractivity contribution in [1.82, 2.24) is 9.36 Å². The van der Waals surface area contributed by atoms with E-state index in [1.54, 1.807) is 0 Å². The molecule has 1 N–H and O–H groups in total. The second kappa shape index (κ2) is 4.64. The maximum absolute atomic E-state index is 12.1. The van der Waals surface area contributed by atoms with Gasteiger partial charge in [-0.25, -0.2) is 4.79 Å². The molecule has 1 aromatic heterocycles. The number of esters is 1. The lowest BCUT2D eigenvalue weighted by atomic mass is 10.3. The minimum absolute atomic E-state index is 0.0785. The van der Waals surface area contributed by atoms with Crippen LogP contribution in [0.5, 0.6) is 0 Å². The molecule has 1 heterocycles. The van der Waals surface area contributed by atoms with E-state index in [2.05, 4.69) is 19.4 Å². The van der Waals surface area contributed by atoms with Crippen LogP contribution in [-0.2, 0) is 15.7 Å². The Morgan fingerprint density at radius 1 is 1.56 bits per heavy atom. The Hall–Kier alpha value is -1.38. The van der Waals surface area contributed by atoms with E-state index in [4.69, 9.17) is 0 Å². The number of hydrogen-bond donors (Lipinski definition) is 1. The van der Waals surface area contributed by atoms with Gasteiger partial charge in [0.1, 0.15) is 6.04 Å². The molecular weight excluding hydrogens is 247 g/mol. The predicted molar refractivity (Wildman–Crippen MR) is 50.0 cm³/mol. The van der Waals surface area contributed by atoms with Gasteiger partial charge in [0, 0.05) is 11.5 Å². The highest BCUT2D eigenvalue weighted by atomic mass is 32.1. The number of aromatic nitrogens is 2. The molecule has 0 aliphatic rings. The molecule has 1 unspecified atom stereocenters. The molecule has 0 fully saturated rings. The number of halogens is 3. The Balaban J connectivity index is 2.69. The number of anilines is 1. The van der Waals surface area contributed by atoms with Gasteiger partial charge in [0.15, 0.2) is 0 Å². The summed E-state index contributed by atoms with van der Waals surface area (Å²) in [7, 11) is 1.18. The fraction of sp³-hybridized carbons (Fsp3) is 0.571. The Morgan fingerprint density at radius 2 is 2.19 bits per heavy atom. The van der Waals surface area contributed by atoms with Crippen molar-refractivity contribution in [2.75, 3.05) is 12.4 Å². The quantitative estimate of drug-likeness (QED) is 0.830. The van der Waals surface area contributed by atoms with Crippen LogP contribution in [-0.4, -0.2) is 28.5 Å². The van der Waals surface area contributed by atoms with Crippen molar-refractivity contribution in [2.45, 2.75) is 19.1 Å². The van der Waals surface area contributed by atoms with Crippen LogP contribution >= 0.6 is 11.5 Å². The van der Waals surface area contributed by atoms with Gasteiger partial charge in [0.2, 0.25) is 11.0 Å². The molecule has 0 saturated heterocycles. The summed E-state index contributed by atoms with van der Waals surface area (Å²) in [6.07, 6.45) is -4.58. The van der Waals surface area contributed by atoms with Gasteiger partial charge < -0.3 is 10.1 Å². The van der Waals surface area contributed by atoms with Crippen LogP contribution in [0.25, 0.3) is 0 Å². The average molecular weight is 255 g/mol. The minimum atomic E-state index is -4.58. The zero-order valence-electron chi connectivity index (χ0n) is 8.33. The van der Waals surface area contributed by atoms with Crippen LogP contribution in [0.2, 0.25) is 0 Å². The van der Waals surface area contributed by atoms with Gasteiger partial charge >= 0.3 is 12.1 Å². The normalized spacial score (nSPS) is 13.3. The molecule has 0 bridgehead atoms. The minimum Gasteiger partial charge on any atom is -0.467 e. The van der Waals surface area contributed by atoms with Crippen LogP contribution in [0.4, 0.5) is 18.3 Å². The lowest BCUT2D eigenvalue weighted by Crippen LogP contribution is -2.27. The molecule has 1 aromatic rings. The number of methoxy groups -OCH3 is 1. The topological polar surface area (TPSA) is 64.1 Å². The van der Waals surface area contributed by atoms with Crippen LogP contribution in [0.3, 0.4) is 0 Å². The van der Waals surface area contributed by atoms with Crippen molar-refractivity contribution in [1.29, 1.82) is 0 Å². The third-order valence-electron chi connectivity index (χ3n) is 1.57. The van der Waals surface area contributed by atoms with E-state index in [1.165, 1.54) is 14.0 Å². The first kappa shape index (κ1) is 12.7. The molecule has 0 radical (unpaired) electrons. The van der Waals surface area contributed by atoms with Crippen molar-refractivity contribution in [3.8, 4) is 0 Å². The molecule has 0 spiro atoms. The van der Waals surface area contributed by atoms with Gasteiger partial charge in [0.05, 0.1) is 7.11 Å². The molecular formula is C7H8F3N3O2S. The van der Waals surface area contributed by atoms with Crippen molar-refractivity contribution in [2.24, 2.45) is 0 Å². The van der Waals surface area contributed by atoms with Crippen LogP contribution in [0, 0.1) is 0 Å². The maximum atomic E-state index is 12.1. The lowest BCUT2D eigenvalue weighted by molar-refractivity contribution is -0.144. The maximum Gasteiger partial charge on any atom is 0.452 e. The number of nitrogens with one attached hydrogen (secondary N) is 1. The van der Waals surface area contributed by atoms with E-state index in [0.29, 0.717) is 11.5 Å². The van der Waals surface area contributed by atoms with Crippen LogP contribution in [0.15, 0.2) is 0 Å². The first-order valence-electron chi connectivity index (χ1n) is 4.10. The summed E-state index contributed by atoms with van der Waals surface area (Å²) < 4.78 is 43.9. The zero-order valence-corrected chi connectivity index (χ0v) is 9.15. The largest absolute Gasteiger partial charge is 0.467 e. The summed E-state index contributed by atoms with van der Waals surface area (Å²) >= 11 is 0.533. The van der Waals surface area contributed by atoms with E-state index in [0.717, 1.165) is 0 Å². The van der Waals surface area contributed by atoms with Crippen LogP contribution < -0.4 is 5.32 Å². The molecule has 0 saturated carbocycles. The molecule has 16 heavy (non-hydrogen) atoms. The van der Waals surface area contributed by atoms with Crippen molar-refractivity contribution >= 4 is 22.6 Å². The lowest BCUT2D eigenvalue weighted by Gasteiger charge is -2.08. The number of alkyl halides is 3. The van der Waals surface area contributed by atoms with Gasteiger partial charge in [0.25, 0.3) is 0 Å². The SMILES string of the molecule is COC(=O)C(C)Nc1nc(C(F)(F)F)ns1. The second-order valence-corrected chi connectivity index (χ2v) is 3.56. The number of ether oxygens (including phenoxy) is 1. The van der Waals surface area contributed by atoms with Crippen LogP contribution in [0.1, 0.15) is 12.7 Å². The Bertz CT molecular complexity index is 379. The molecule has 0 aromatic carbocycles. The van der Waals surface area contributed by atoms with E-state index in [-0.39, 0.29) is 5.13 Å². The standard InChI is InChI=1S/C7H8F3N3O2S/c1-3(4(14)15-2)11-6-12-5(13-16-6)7(8,9)10/h3H,1-2H3,(H,11,12,13). The first-order valence-corrected chi connectivity index (χ1v) is 4.87. The zero-order chi connectivity index (χ0) is 12.3. The number of nitrogens with zero attached hydrogens (tertiary/aromatic N) is 2. The Labute approximate surface area is 92.8 Å². The molecule has 9 heteroatoms. The van der Waals surface area contributed by atoms with Gasteiger partial charge in [-0.05, 0) is 6.92 Å². The third-order valence-corrected chi connectivity index (χ3v) is 2.22. The van der Waals surface area contributed by atoms with E-state index in [9.17, 15) is 18.0 Å². The van der Waals surface area contributed by atoms with Gasteiger partial charge in [-0.2, -0.15) is 22.5 Å². The number of carbonyl (C=O) groups excluding carboxylic acids is 1. The first-order chi connectivity index (χ1) is 7.34. The monoisotopic (exact) mass is 255 g/mol. The summed E-state index contributed by atoms with van der Waals surface area (Å²) in [6, 6.07) is -0.779. The second-order valence-electron chi connectivity index (χ2n) is 2.81. The summed E-state index contributed by atoms with van der Waals surface area (Å²) in [4.78, 5) is 14.2. The van der Waals surface area contributed by atoms with E-state index >= 15 is 0 Å². The summed E-state index contributed by atoms with van der Waals surface area (Å²) in [5, 5.41) is 2.38. The number of carbonyl (C=O) groups is 1. The number of rotatable bonds is 3. The van der Waals surface area contributed by atoms with Gasteiger partial charge in [-0.3, -0.25) is 0 Å². The summed E-state index contributed by atoms with van der Waals surface area (Å²) in [5.41, 5.74) is 0. The fourth-order valence-corrected chi connectivity index (χ4v) is 1.49. The third kappa shape index (κ3) is 3.05. The van der Waals surface area contributed by atoms with E-state index < -0.39 is 24.0 Å². The average Bonchev–Trinajstić information content (AvgIpc) is 2.64. The molecule has 1 rings (SSSR count). The molecule has 5 nitrogen and oxygen atoms in total. The Kier molecular flexibility index (Phi) is 3.68. The molecule has 90 valence electrons. The van der Waals surface area contributed by atoms with Crippen molar-refractivity contribution < 1.29 is 22.7 Å². The smallest absolute Gasteiger partial charge is 0.452 e. The van der Waals surface area contributed by atoms with Gasteiger partial charge in [-0.1, -0.05) is 0 Å². The molecule has 0 aliphatic heterocycles. The molecule has 0 aliphatic carbocycles. The fourth-order valence-electron chi connectivity index (χ4n) is 0.818. The predicted octanol–water partition coefficient (Wildman–Crippen LogP) is 1.53. The highest BCUT2D eigenvalue weighted by Gasteiger charge is 2.36. The van der Waals surface area contributed by atoms with E-state index in [1.807, 2.05) is 0 Å².